The van der Waals surface area contributed by atoms with Gasteiger partial charge in [0.2, 0.25) is 0 Å². The number of benzene rings is 2. The lowest BCUT2D eigenvalue weighted by Gasteiger charge is -2.25. The summed E-state index contributed by atoms with van der Waals surface area (Å²) in [6, 6.07) is 12.2. The Morgan fingerprint density at radius 1 is 1.03 bits per heavy atom. The van der Waals surface area contributed by atoms with Crippen molar-refractivity contribution in [2.45, 2.75) is 63.8 Å². The van der Waals surface area contributed by atoms with Crippen LogP contribution < -0.4 is 4.74 Å². The maximum atomic E-state index is 11.7. The Bertz CT molecular complexity index is 1110. The fourth-order valence-electron chi connectivity index (χ4n) is 5.56. The minimum absolute atomic E-state index is 0.370. The Morgan fingerprint density at radius 2 is 1.87 bits per heavy atom. The van der Waals surface area contributed by atoms with Gasteiger partial charge in [0.25, 0.3) is 0 Å². The second-order valence-corrected chi connectivity index (χ2v) is 8.77. The van der Waals surface area contributed by atoms with Crippen molar-refractivity contribution < 1.29 is 14.6 Å². The van der Waals surface area contributed by atoms with Crippen LogP contribution in [0.4, 0.5) is 0 Å². The molecular formula is C26H29NO3. The van der Waals surface area contributed by atoms with Crippen molar-refractivity contribution in [2.24, 2.45) is 0 Å². The molecule has 0 unspecified atom stereocenters. The van der Waals surface area contributed by atoms with Crippen LogP contribution in [0, 0.1) is 0 Å². The minimum atomic E-state index is -0.859. The second kappa shape index (κ2) is 7.82. The van der Waals surface area contributed by atoms with Gasteiger partial charge in [-0.05, 0) is 79.5 Å². The van der Waals surface area contributed by atoms with E-state index in [0.717, 1.165) is 37.1 Å². The van der Waals surface area contributed by atoms with E-state index in [1.54, 1.807) is 13.2 Å². The van der Waals surface area contributed by atoms with Crippen LogP contribution >= 0.6 is 0 Å². The number of aryl methyl sites for hydroxylation is 2. The second-order valence-electron chi connectivity index (χ2n) is 8.77. The average Bonchev–Trinajstić information content (AvgIpc) is 3.08. The van der Waals surface area contributed by atoms with Crippen LogP contribution in [0.5, 0.6) is 5.75 Å². The quantitative estimate of drug-likeness (QED) is 0.550. The molecule has 0 amide bonds. The highest BCUT2D eigenvalue weighted by Crippen LogP contribution is 2.46. The summed E-state index contributed by atoms with van der Waals surface area (Å²) in [6.07, 6.45) is 9.58. The Hall–Kier alpha value is -2.75. The van der Waals surface area contributed by atoms with E-state index in [-0.39, 0.29) is 0 Å². The van der Waals surface area contributed by atoms with Gasteiger partial charge in [-0.3, -0.25) is 0 Å². The largest absolute Gasteiger partial charge is 0.497 e. The van der Waals surface area contributed by atoms with Crippen molar-refractivity contribution in [3.63, 3.8) is 0 Å². The molecule has 0 bridgehead atoms. The molecule has 1 saturated carbocycles. The number of nitrogens with zero attached hydrogens (tertiary/aromatic N) is 1. The van der Waals surface area contributed by atoms with Crippen LogP contribution in [0.25, 0.3) is 22.2 Å². The Labute approximate surface area is 177 Å². The number of aromatic nitrogens is 1. The van der Waals surface area contributed by atoms with Crippen molar-refractivity contribution in [2.75, 3.05) is 7.11 Å². The van der Waals surface area contributed by atoms with Gasteiger partial charge < -0.3 is 14.4 Å². The standard InChI is InChI=1S/C26H29NO3/c1-30-20-11-13-21-18(15-20)9-5-6-14-27-23-16-19(26(28)29)10-12-22(23)24(25(21)27)17-7-3-2-4-8-17/h10-13,15-17H,2-9,14H2,1H3,(H,28,29). The van der Waals surface area contributed by atoms with Gasteiger partial charge in [0.15, 0.2) is 0 Å². The summed E-state index contributed by atoms with van der Waals surface area (Å²) in [4.78, 5) is 11.7. The van der Waals surface area contributed by atoms with Crippen molar-refractivity contribution in [1.82, 2.24) is 4.57 Å². The van der Waals surface area contributed by atoms with E-state index in [4.69, 9.17) is 4.74 Å². The number of rotatable bonds is 3. The molecular weight excluding hydrogens is 374 g/mol. The number of aromatic carboxylic acids is 1. The first-order chi connectivity index (χ1) is 14.7. The van der Waals surface area contributed by atoms with Crippen LogP contribution in [0.3, 0.4) is 0 Å². The lowest BCUT2D eigenvalue weighted by molar-refractivity contribution is 0.0697. The first-order valence-corrected chi connectivity index (χ1v) is 11.2. The highest BCUT2D eigenvalue weighted by Gasteiger charge is 2.28. The lowest BCUT2D eigenvalue weighted by atomic mass is 9.81. The van der Waals surface area contributed by atoms with Crippen LogP contribution in [-0.2, 0) is 13.0 Å². The monoisotopic (exact) mass is 403 g/mol. The van der Waals surface area contributed by atoms with Crippen molar-refractivity contribution in [3.8, 4) is 17.0 Å². The van der Waals surface area contributed by atoms with Gasteiger partial charge >= 0.3 is 5.97 Å². The molecule has 1 aliphatic carbocycles. The molecule has 0 atom stereocenters. The molecule has 0 saturated heterocycles. The zero-order chi connectivity index (χ0) is 20.7. The van der Waals surface area contributed by atoms with Gasteiger partial charge in [0.1, 0.15) is 5.75 Å². The number of hydrogen-bond acceptors (Lipinski definition) is 2. The maximum absolute atomic E-state index is 11.7. The van der Waals surface area contributed by atoms with E-state index in [9.17, 15) is 9.90 Å². The molecule has 0 spiro atoms. The normalized spacial score (nSPS) is 17.1. The van der Waals surface area contributed by atoms with Gasteiger partial charge in [-0.1, -0.05) is 25.3 Å². The molecule has 1 aliphatic heterocycles. The summed E-state index contributed by atoms with van der Waals surface area (Å²) in [7, 11) is 1.72. The zero-order valence-corrected chi connectivity index (χ0v) is 17.6. The summed E-state index contributed by atoms with van der Waals surface area (Å²) in [5.41, 5.74) is 6.84. The summed E-state index contributed by atoms with van der Waals surface area (Å²) in [5, 5.41) is 10.8. The SMILES string of the molecule is COc1ccc2c(c1)CCCCn1c-2c(C2CCCCC2)c2ccc(C(=O)O)cc21. The van der Waals surface area contributed by atoms with Crippen LogP contribution in [0.2, 0.25) is 0 Å². The number of fused-ring (bicyclic) bond motifs is 5. The highest BCUT2D eigenvalue weighted by molar-refractivity contribution is 5.98. The lowest BCUT2D eigenvalue weighted by Crippen LogP contribution is -2.10. The Kier molecular flexibility index (Phi) is 5.01. The molecule has 3 aromatic rings. The van der Waals surface area contributed by atoms with Crippen molar-refractivity contribution in [3.05, 3.63) is 53.1 Å². The number of carbonyl (C=O) groups is 1. The average molecular weight is 404 g/mol. The molecule has 0 radical (unpaired) electrons. The minimum Gasteiger partial charge on any atom is -0.497 e. The molecule has 1 fully saturated rings. The van der Waals surface area contributed by atoms with Gasteiger partial charge in [-0.15, -0.1) is 0 Å². The molecule has 4 heteroatoms. The number of hydrogen-bond donors (Lipinski definition) is 1. The van der Waals surface area contributed by atoms with Crippen molar-refractivity contribution >= 4 is 16.9 Å². The highest BCUT2D eigenvalue weighted by atomic mass is 16.5. The smallest absolute Gasteiger partial charge is 0.335 e. The fraction of sp³-hybridized carbons (Fsp3) is 0.423. The first-order valence-electron chi connectivity index (χ1n) is 11.2. The Morgan fingerprint density at radius 3 is 2.63 bits per heavy atom. The third-order valence-corrected chi connectivity index (χ3v) is 7.01. The molecule has 4 nitrogen and oxygen atoms in total. The molecule has 2 aromatic carbocycles. The zero-order valence-electron chi connectivity index (χ0n) is 17.6. The van der Waals surface area contributed by atoms with E-state index < -0.39 is 5.97 Å². The third-order valence-electron chi connectivity index (χ3n) is 7.01. The van der Waals surface area contributed by atoms with Gasteiger partial charge in [0.05, 0.1) is 18.4 Å². The Balaban J connectivity index is 1.82. The van der Waals surface area contributed by atoms with E-state index in [1.807, 2.05) is 6.07 Å². The first kappa shape index (κ1) is 19.2. The number of ether oxygens (including phenoxy) is 1. The predicted octanol–water partition coefficient (Wildman–Crippen LogP) is 6.40. The van der Waals surface area contributed by atoms with Crippen LogP contribution in [-0.4, -0.2) is 22.8 Å². The summed E-state index contributed by atoms with van der Waals surface area (Å²) in [6.45, 7) is 0.938. The number of carboxylic acids is 1. The molecule has 2 heterocycles. The van der Waals surface area contributed by atoms with Gasteiger partial charge in [-0.25, -0.2) is 4.79 Å². The molecule has 156 valence electrons. The van der Waals surface area contributed by atoms with Gasteiger partial charge in [0, 0.05) is 23.0 Å². The predicted molar refractivity (Wildman–Crippen MR) is 120 cm³/mol. The van der Waals surface area contributed by atoms with Crippen LogP contribution in [0.15, 0.2) is 36.4 Å². The summed E-state index contributed by atoms with van der Waals surface area (Å²) < 4.78 is 7.93. The molecule has 1 N–H and O–H groups in total. The molecule has 2 aliphatic rings. The maximum Gasteiger partial charge on any atom is 0.335 e. The van der Waals surface area contributed by atoms with E-state index >= 15 is 0 Å². The van der Waals surface area contributed by atoms with E-state index in [2.05, 4.69) is 28.8 Å². The van der Waals surface area contributed by atoms with Crippen molar-refractivity contribution in [1.29, 1.82) is 0 Å². The van der Waals surface area contributed by atoms with Gasteiger partial charge in [-0.2, -0.15) is 0 Å². The fourth-order valence-corrected chi connectivity index (χ4v) is 5.56. The summed E-state index contributed by atoms with van der Waals surface area (Å²) >= 11 is 0. The number of carboxylic acid groups (broad SMARTS) is 1. The molecule has 1 aromatic heterocycles. The van der Waals surface area contributed by atoms with Crippen LogP contribution in [0.1, 0.15) is 72.3 Å². The topological polar surface area (TPSA) is 51.5 Å². The molecule has 30 heavy (non-hydrogen) atoms. The number of methoxy groups -OCH3 is 1. The van der Waals surface area contributed by atoms with E-state index in [0.29, 0.717) is 11.5 Å². The summed E-state index contributed by atoms with van der Waals surface area (Å²) in [5.74, 6) is 0.592. The third kappa shape index (κ3) is 3.19. The molecule has 5 rings (SSSR count). The van der Waals surface area contributed by atoms with E-state index in [1.165, 1.54) is 59.9 Å².